The first-order valence-corrected chi connectivity index (χ1v) is 5.29. The standard InChI is InChI=1S/C10H21N3O/c1-3-9(10(11)12)13-6-4-5-8(7-13)14-2/h8-9H,3-7H2,1-2H3,(H3,11,12). The van der Waals surface area contributed by atoms with Crippen LogP contribution in [0.1, 0.15) is 26.2 Å². The van der Waals surface area contributed by atoms with Crippen LogP contribution >= 0.6 is 0 Å². The van der Waals surface area contributed by atoms with Gasteiger partial charge in [0.2, 0.25) is 0 Å². The Morgan fingerprint density at radius 2 is 2.43 bits per heavy atom. The van der Waals surface area contributed by atoms with E-state index in [1.54, 1.807) is 7.11 Å². The van der Waals surface area contributed by atoms with Gasteiger partial charge in [-0.15, -0.1) is 0 Å². The Morgan fingerprint density at radius 3 is 2.93 bits per heavy atom. The van der Waals surface area contributed by atoms with Gasteiger partial charge in [0.25, 0.3) is 0 Å². The molecular weight excluding hydrogens is 178 g/mol. The summed E-state index contributed by atoms with van der Waals surface area (Å²) in [5.74, 6) is 0.282. The maximum atomic E-state index is 7.51. The molecule has 1 aliphatic heterocycles. The van der Waals surface area contributed by atoms with Crippen LogP contribution in [0.3, 0.4) is 0 Å². The van der Waals surface area contributed by atoms with Crippen molar-refractivity contribution in [3.05, 3.63) is 0 Å². The van der Waals surface area contributed by atoms with Gasteiger partial charge in [-0.3, -0.25) is 10.3 Å². The lowest BCUT2D eigenvalue weighted by molar-refractivity contribution is 0.0238. The number of amidine groups is 1. The minimum Gasteiger partial charge on any atom is -0.386 e. The number of rotatable bonds is 4. The van der Waals surface area contributed by atoms with E-state index in [1.165, 1.54) is 0 Å². The van der Waals surface area contributed by atoms with E-state index in [-0.39, 0.29) is 11.9 Å². The van der Waals surface area contributed by atoms with Crippen LogP contribution in [0, 0.1) is 5.41 Å². The molecule has 0 aliphatic carbocycles. The SMILES string of the molecule is CCC(C(=N)N)N1CCCC(OC)C1. The summed E-state index contributed by atoms with van der Waals surface area (Å²) in [6.07, 6.45) is 3.49. The van der Waals surface area contributed by atoms with Gasteiger partial charge < -0.3 is 10.5 Å². The number of methoxy groups -OCH3 is 1. The summed E-state index contributed by atoms with van der Waals surface area (Å²) in [5, 5.41) is 7.51. The largest absolute Gasteiger partial charge is 0.386 e. The summed E-state index contributed by atoms with van der Waals surface area (Å²) in [6, 6.07) is 0.105. The zero-order valence-corrected chi connectivity index (χ0v) is 9.12. The molecule has 0 saturated carbocycles. The zero-order valence-electron chi connectivity index (χ0n) is 9.12. The van der Waals surface area contributed by atoms with Crippen LogP contribution in [0.2, 0.25) is 0 Å². The van der Waals surface area contributed by atoms with Crippen LogP contribution in [0.15, 0.2) is 0 Å². The van der Waals surface area contributed by atoms with Crippen molar-refractivity contribution < 1.29 is 4.74 Å². The van der Waals surface area contributed by atoms with E-state index in [4.69, 9.17) is 15.9 Å². The molecule has 1 rings (SSSR count). The van der Waals surface area contributed by atoms with Gasteiger partial charge in [-0.2, -0.15) is 0 Å². The molecule has 4 nitrogen and oxygen atoms in total. The number of nitrogens with zero attached hydrogens (tertiary/aromatic N) is 1. The van der Waals surface area contributed by atoms with Crippen molar-refractivity contribution in [1.29, 1.82) is 5.41 Å². The van der Waals surface area contributed by atoms with E-state index < -0.39 is 0 Å². The second kappa shape index (κ2) is 5.32. The Hall–Kier alpha value is -0.610. The summed E-state index contributed by atoms with van der Waals surface area (Å²) in [7, 11) is 1.75. The van der Waals surface area contributed by atoms with Crippen LogP contribution in [0.5, 0.6) is 0 Å². The number of nitrogens with one attached hydrogen (secondary N) is 1. The molecule has 0 radical (unpaired) electrons. The van der Waals surface area contributed by atoms with E-state index in [0.29, 0.717) is 6.10 Å². The molecule has 0 aromatic rings. The van der Waals surface area contributed by atoms with Crippen molar-refractivity contribution in [3.8, 4) is 0 Å². The molecule has 3 N–H and O–H groups in total. The average molecular weight is 199 g/mol. The quantitative estimate of drug-likeness (QED) is 0.520. The number of likely N-dealkylation sites (tertiary alicyclic amines) is 1. The fourth-order valence-corrected chi connectivity index (χ4v) is 2.12. The second-order valence-electron chi connectivity index (χ2n) is 3.87. The molecular formula is C10H21N3O. The van der Waals surface area contributed by atoms with Crippen LogP contribution in [-0.2, 0) is 4.74 Å². The molecule has 1 aliphatic rings. The highest BCUT2D eigenvalue weighted by atomic mass is 16.5. The van der Waals surface area contributed by atoms with Crippen LogP contribution in [0.4, 0.5) is 0 Å². The average Bonchev–Trinajstić information content (AvgIpc) is 2.19. The maximum Gasteiger partial charge on any atom is 0.108 e. The van der Waals surface area contributed by atoms with Gasteiger partial charge in [0.1, 0.15) is 5.84 Å². The second-order valence-corrected chi connectivity index (χ2v) is 3.87. The number of piperidine rings is 1. The lowest BCUT2D eigenvalue weighted by Crippen LogP contribution is -2.50. The fraction of sp³-hybridized carbons (Fsp3) is 0.900. The van der Waals surface area contributed by atoms with Gasteiger partial charge in [-0.25, -0.2) is 0 Å². The fourth-order valence-electron chi connectivity index (χ4n) is 2.12. The zero-order chi connectivity index (χ0) is 10.6. The molecule has 0 spiro atoms. The van der Waals surface area contributed by atoms with E-state index in [9.17, 15) is 0 Å². The topological polar surface area (TPSA) is 62.3 Å². The van der Waals surface area contributed by atoms with E-state index in [0.717, 1.165) is 32.4 Å². The van der Waals surface area contributed by atoms with Crippen molar-refractivity contribution in [2.75, 3.05) is 20.2 Å². The highest BCUT2D eigenvalue weighted by Crippen LogP contribution is 2.16. The Kier molecular flexibility index (Phi) is 4.35. The molecule has 0 amide bonds. The molecule has 4 heteroatoms. The smallest absolute Gasteiger partial charge is 0.108 e. The third-order valence-corrected chi connectivity index (χ3v) is 2.93. The predicted octanol–water partition coefficient (Wildman–Crippen LogP) is 0.812. The highest BCUT2D eigenvalue weighted by Gasteiger charge is 2.26. The minimum absolute atomic E-state index is 0.105. The highest BCUT2D eigenvalue weighted by molar-refractivity contribution is 5.82. The van der Waals surface area contributed by atoms with Gasteiger partial charge in [0, 0.05) is 13.7 Å². The Labute approximate surface area is 85.9 Å². The van der Waals surface area contributed by atoms with Crippen molar-refractivity contribution in [2.24, 2.45) is 5.73 Å². The lowest BCUT2D eigenvalue weighted by atomic mass is 10.0. The van der Waals surface area contributed by atoms with Crippen LogP contribution in [-0.4, -0.2) is 43.1 Å². The Morgan fingerprint density at radius 1 is 1.71 bits per heavy atom. The summed E-state index contributed by atoms with van der Waals surface area (Å²) in [4.78, 5) is 2.26. The maximum absolute atomic E-state index is 7.51. The predicted molar refractivity (Wildman–Crippen MR) is 57.6 cm³/mol. The van der Waals surface area contributed by atoms with Crippen molar-refractivity contribution >= 4 is 5.84 Å². The summed E-state index contributed by atoms with van der Waals surface area (Å²) in [6.45, 7) is 4.02. The van der Waals surface area contributed by atoms with E-state index >= 15 is 0 Å². The number of ether oxygens (including phenoxy) is 1. The van der Waals surface area contributed by atoms with Crippen molar-refractivity contribution in [1.82, 2.24) is 4.90 Å². The van der Waals surface area contributed by atoms with Gasteiger partial charge >= 0.3 is 0 Å². The molecule has 0 aromatic heterocycles. The monoisotopic (exact) mass is 199 g/mol. The van der Waals surface area contributed by atoms with Gasteiger partial charge in [-0.1, -0.05) is 6.92 Å². The molecule has 1 fully saturated rings. The lowest BCUT2D eigenvalue weighted by Gasteiger charge is -2.36. The molecule has 0 aromatic carbocycles. The van der Waals surface area contributed by atoms with Crippen LogP contribution in [0.25, 0.3) is 0 Å². The molecule has 14 heavy (non-hydrogen) atoms. The van der Waals surface area contributed by atoms with Crippen LogP contribution < -0.4 is 5.73 Å². The van der Waals surface area contributed by atoms with Gasteiger partial charge in [-0.05, 0) is 25.8 Å². The van der Waals surface area contributed by atoms with E-state index in [1.807, 2.05) is 0 Å². The first kappa shape index (κ1) is 11.5. The normalized spacial score (nSPS) is 26.0. The third kappa shape index (κ3) is 2.69. The molecule has 0 bridgehead atoms. The molecule has 1 saturated heterocycles. The van der Waals surface area contributed by atoms with Crippen molar-refractivity contribution in [3.63, 3.8) is 0 Å². The number of hydrogen-bond donors (Lipinski definition) is 2. The van der Waals surface area contributed by atoms with E-state index in [2.05, 4.69) is 11.8 Å². The Bertz CT molecular complexity index is 196. The number of hydrogen-bond acceptors (Lipinski definition) is 3. The molecule has 2 atom stereocenters. The molecule has 1 heterocycles. The minimum atomic E-state index is 0.105. The third-order valence-electron chi connectivity index (χ3n) is 2.93. The summed E-state index contributed by atoms with van der Waals surface area (Å²) in [5.41, 5.74) is 5.57. The van der Waals surface area contributed by atoms with Gasteiger partial charge in [0.05, 0.1) is 12.1 Å². The number of nitrogens with two attached hydrogens (primary N) is 1. The van der Waals surface area contributed by atoms with Gasteiger partial charge in [0.15, 0.2) is 0 Å². The first-order chi connectivity index (χ1) is 6.69. The molecule has 82 valence electrons. The molecule has 2 unspecified atom stereocenters. The van der Waals surface area contributed by atoms with Crippen molar-refractivity contribution in [2.45, 2.75) is 38.3 Å². The first-order valence-electron chi connectivity index (χ1n) is 5.29. The Balaban J connectivity index is 2.53. The summed E-state index contributed by atoms with van der Waals surface area (Å²) < 4.78 is 5.34. The summed E-state index contributed by atoms with van der Waals surface area (Å²) >= 11 is 0.